The van der Waals surface area contributed by atoms with Crippen LogP contribution in [0.3, 0.4) is 0 Å². The molecule has 0 nitrogen and oxygen atoms in total. The minimum absolute atomic E-state index is 0.795. The van der Waals surface area contributed by atoms with E-state index >= 15 is 0 Å². The molecule has 0 amide bonds. The Labute approximate surface area is 236 Å². The predicted molar refractivity (Wildman–Crippen MR) is 156 cm³/mol. The summed E-state index contributed by atoms with van der Waals surface area (Å²) in [6.07, 6.45) is 2.33. The van der Waals surface area contributed by atoms with Crippen LogP contribution < -0.4 is 10.4 Å². The normalized spacial score (nSPS) is 10.9. The first kappa shape index (κ1) is 27.2. The van der Waals surface area contributed by atoms with E-state index in [9.17, 15) is 0 Å². The summed E-state index contributed by atoms with van der Waals surface area (Å²) < 4.78 is 0. The fourth-order valence-corrected chi connectivity index (χ4v) is 6.16. The summed E-state index contributed by atoms with van der Waals surface area (Å²) in [5, 5.41) is 5.59. The molecule has 0 aliphatic carbocycles. The maximum Gasteiger partial charge on any atom is 0.0920 e. The maximum absolute atomic E-state index is 4.93. The standard InChI is InChI=1S/C20H21.C12H7Si.2ClH.Zr/c1-4-7-16-10-11-17-12-14(2)13-19(17)20(16)18-9-6-5-8-15(18)3;1-3-7-11-9(5-1)10-6-2-4-8-12(10)13-11;;;/h5-6,8-13H,4,7H2,1-3H3;1-7H;2*1H;/q2*-1;;;+4/p-2. The fourth-order valence-electron chi connectivity index (χ4n) is 4.85. The number of benzene rings is 4. The van der Waals surface area contributed by atoms with E-state index in [4.69, 9.17) is 17.0 Å². The molecule has 1 aliphatic heterocycles. The largest absolute Gasteiger partial charge is 0.184 e. The molecule has 0 atom stereocenters. The Balaban J connectivity index is 0.000000163. The van der Waals surface area contributed by atoms with Gasteiger partial charge in [0.1, 0.15) is 0 Å². The van der Waals surface area contributed by atoms with Crippen LogP contribution in [0.15, 0.2) is 91.0 Å². The van der Waals surface area contributed by atoms with Crippen molar-refractivity contribution >= 4 is 47.7 Å². The van der Waals surface area contributed by atoms with Crippen LogP contribution in [-0.2, 0) is 27.3 Å². The van der Waals surface area contributed by atoms with Gasteiger partial charge < -0.3 is 0 Å². The summed E-state index contributed by atoms with van der Waals surface area (Å²) in [6.45, 7) is 6.64. The molecule has 0 spiro atoms. The molecule has 0 bridgehead atoms. The van der Waals surface area contributed by atoms with Crippen molar-refractivity contribution in [2.45, 2.75) is 33.6 Å². The van der Waals surface area contributed by atoms with E-state index in [0.29, 0.717) is 0 Å². The van der Waals surface area contributed by atoms with Crippen LogP contribution in [0, 0.1) is 19.9 Å². The number of fused-ring (bicyclic) bond motifs is 4. The molecule has 0 fully saturated rings. The van der Waals surface area contributed by atoms with Crippen molar-refractivity contribution in [3.8, 4) is 22.3 Å². The molecule has 2 radical (unpaired) electrons. The van der Waals surface area contributed by atoms with E-state index in [2.05, 4.69) is 112 Å². The third-order valence-corrected chi connectivity index (χ3v) is 7.76. The summed E-state index contributed by atoms with van der Waals surface area (Å²) >= 11 is -0.826. The van der Waals surface area contributed by atoms with Crippen molar-refractivity contribution in [2.75, 3.05) is 0 Å². The average molecular weight is 603 g/mol. The van der Waals surface area contributed by atoms with Crippen LogP contribution in [-0.4, -0.2) is 9.52 Å². The number of halogens is 2. The van der Waals surface area contributed by atoms with E-state index in [1.54, 1.807) is 0 Å². The maximum atomic E-state index is 4.93. The molecule has 0 saturated heterocycles. The first-order valence-electron chi connectivity index (χ1n) is 12.2. The molecule has 6 rings (SSSR count). The minimum Gasteiger partial charge on any atom is -0.184 e. The zero-order chi connectivity index (χ0) is 25.5. The second-order valence-electron chi connectivity index (χ2n) is 8.90. The van der Waals surface area contributed by atoms with Crippen LogP contribution in [0.5, 0.6) is 0 Å². The van der Waals surface area contributed by atoms with Gasteiger partial charge in [-0.3, -0.25) is 0 Å². The Hall–Kier alpha value is -1.83. The van der Waals surface area contributed by atoms with Crippen molar-refractivity contribution in [2.24, 2.45) is 0 Å². The molecular formula is C32H28Cl2SiZr. The first-order chi connectivity index (χ1) is 17.6. The van der Waals surface area contributed by atoms with Crippen LogP contribution in [0.4, 0.5) is 0 Å². The SMILES string of the molecule is CCCc1ccc2[cH-]c(C)cc2c1-c1ccccc1C.[Cl][Zr+2][Cl].[c-]1cccc2c1[Si]c1ccccc1-2. The van der Waals surface area contributed by atoms with E-state index < -0.39 is 20.8 Å². The van der Waals surface area contributed by atoms with Gasteiger partial charge >= 0.3 is 37.9 Å². The molecule has 1 heterocycles. The van der Waals surface area contributed by atoms with E-state index in [1.807, 2.05) is 6.07 Å². The second kappa shape index (κ2) is 13.1. The molecule has 0 saturated carbocycles. The van der Waals surface area contributed by atoms with Crippen molar-refractivity contribution in [3.05, 3.63) is 114 Å². The number of aryl methyl sites for hydroxylation is 3. The van der Waals surface area contributed by atoms with Gasteiger partial charge in [0, 0.05) is 0 Å². The zero-order valence-corrected chi connectivity index (χ0v) is 25.8. The third-order valence-electron chi connectivity index (χ3n) is 6.39. The molecule has 0 unspecified atom stereocenters. The van der Waals surface area contributed by atoms with Crippen LogP contribution in [0.1, 0.15) is 30.0 Å². The third kappa shape index (κ3) is 6.17. The van der Waals surface area contributed by atoms with Gasteiger partial charge in [-0.15, -0.1) is 40.1 Å². The zero-order valence-electron chi connectivity index (χ0n) is 20.8. The van der Waals surface area contributed by atoms with E-state index in [0.717, 1.165) is 15.9 Å². The van der Waals surface area contributed by atoms with Gasteiger partial charge in [0.2, 0.25) is 0 Å². The van der Waals surface area contributed by atoms with Crippen LogP contribution in [0.25, 0.3) is 33.0 Å². The Bertz CT molecular complexity index is 1410. The van der Waals surface area contributed by atoms with Gasteiger partial charge in [0.15, 0.2) is 0 Å². The summed E-state index contributed by atoms with van der Waals surface area (Å²) in [7, 11) is 10.7. The topological polar surface area (TPSA) is 0 Å². The van der Waals surface area contributed by atoms with E-state index in [-0.39, 0.29) is 0 Å². The van der Waals surface area contributed by atoms with Gasteiger partial charge in [0.05, 0.1) is 9.52 Å². The van der Waals surface area contributed by atoms with Crippen molar-refractivity contribution < 1.29 is 20.8 Å². The molecule has 4 heteroatoms. The van der Waals surface area contributed by atoms with Crippen LogP contribution in [0.2, 0.25) is 0 Å². The van der Waals surface area contributed by atoms with Crippen molar-refractivity contribution in [3.63, 3.8) is 0 Å². The molecule has 5 aromatic rings. The number of hydrogen-bond acceptors (Lipinski definition) is 0. The molecule has 5 aromatic carbocycles. The monoisotopic (exact) mass is 600 g/mol. The van der Waals surface area contributed by atoms with Crippen LogP contribution >= 0.6 is 17.0 Å². The quantitative estimate of drug-likeness (QED) is 0.141. The number of hydrogen-bond donors (Lipinski definition) is 0. The second-order valence-corrected chi connectivity index (χ2v) is 13.9. The van der Waals surface area contributed by atoms with Gasteiger partial charge in [-0.05, 0) is 24.5 Å². The number of rotatable bonds is 3. The summed E-state index contributed by atoms with van der Waals surface area (Å²) in [4.78, 5) is 0. The summed E-state index contributed by atoms with van der Waals surface area (Å²) in [5.74, 6) is 0. The summed E-state index contributed by atoms with van der Waals surface area (Å²) in [5.41, 5.74) is 9.77. The molecular weight excluding hydrogens is 575 g/mol. The predicted octanol–water partition coefficient (Wildman–Crippen LogP) is 8.29. The summed E-state index contributed by atoms with van der Waals surface area (Å²) in [6, 6.07) is 36.1. The molecule has 0 aromatic heterocycles. The Morgan fingerprint density at radius 2 is 1.56 bits per heavy atom. The van der Waals surface area contributed by atoms with Crippen molar-refractivity contribution in [1.82, 2.24) is 0 Å². The average Bonchev–Trinajstić information content (AvgIpc) is 3.45. The fraction of sp³-hybridized carbons (Fsp3) is 0.156. The van der Waals surface area contributed by atoms with E-state index in [1.165, 1.54) is 66.5 Å². The van der Waals surface area contributed by atoms with Crippen molar-refractivity contribution in [1.29, 1.82) is 0 Å². The Kier molecular flexibility index (Phi) is 9.91. The van der Waals surface area contributed by atoms with Gasteiger partial charge in [-0.1, -0.05) is 90.7 Å². The Morgan fingerprint density at radius 1 is 0.861 bits per heavy atom. The molecule has 0 N–H and O–H groups in total. The molecule has 178 valence electrons. The minimum atomic E-state index is -0.826. The molecule has 1 aliphatic rings. The Morgan fingerprint density at radius 3 is 2.31 bits per heavy atom. The van der Waals surface area contributed by atoms with Gasteiger partial charge in [0.25, 0.3) is 0 Å². The first-order valence-corrected chi connectivity index (χ1v) is 19.5. The smallest absolute Gasteiger partial charge is 0.0920 e. The van der Waals surface area contributed by atoms with Gasteiger partial charge in [-0.25, -0.2) is 0 Å². The van der Waals surface area contributed by atoms with Gasteiger partial charge in [-0.2, -0.15) is 35.5 Å². The molecule has 36 heavy (non-hydrogen) atoms.